The Morgan fingerprint density at radius 2 is 1.61 bits per heavy atom. The minimum Gasteiger partial charge on any atom is -0.445 e. The molecule has 1 aromatic carbocycles. The SMILES string of the molecule is CC(C)(C)OC(=O)N1CC2(CC(CC3CCN(C(=O)OCc4ccccc4)CC3)C2)C1. The fraction of sp³-hybridized carbons (Fsp3) is 0.680. The molecule has 0 atom stereocenters. The van der Waals surface area contributed by atoms with Crippen LogP contribution in [-0.2, 0) is 16.1 Å². The summed E-state index contributed by atoms with van der Waals surface area (Å²) >= 11 is 0. The Balaban J connectivity index is 1.11. The van der Waals surface area contributed by atoms with E-state index in [0.717, 1.165) is 50.5 Å². The number of hydrogen-bond donors (Lipinski definition) is 0. The first-order valence-corrected chi connectivity index (χ1v) is 11.6. The molecule has 1 aromatic rings. The van der Waals surface area contributed by atoms with E-state index in [1.54, 1.807) is 0 Å². The van der Waals surface area contributed by atoms with Crippen molar-refractivity contribution in [2.45, 2.75) is 65.1 Å². The van der Waals surface area contributed by atoms with Crippen LogP contribution in [0.1, 0.15) is 58.4 Å². The standard InChI is InChI=1S/C25H36N2O4/c1-24(2,3)31-23(29)27-17-25(18-27)14-21(15-25)13-19-9-11-26(12-10-19)22(28)30-16-20-7-5-4-6-8-20/h4-8,19,21H,9-18H2,1-3H3. The highest BCUT2D eigenvalue weighted by molar-refractivity contribution is 5.69. The van der Waals surface area contributed by atoms with Gasteiger partial charge in [0.2, 0.25) is 0 Å². The molecule has 0 aromatic heterocycles. The second-order valence-corrected chi connectivity index (χ2v) is 10.8. The molecule has 2 aliphatic heterocycles. The van der Waals surface area contributed by atoms with Crippen molar-refractivity contribution in [1.82, 2.24) is 9.80 Å². The van der Waals surface area contributed by atoms with Gasteiger partial charge in [-0.2, -0.15) is 0 Å². The summed E-state index contributed by atoms with van der Waals surface area (Å²) in [5, 5.41) is 0. The summed E-state index contributed by atoms with van der Waals surface area (Å²) < 4.78 is 10.9. The molecule has 1 spiro atoms. The fourth-order valence-corrected chi connectivity index (χ4v) is 5.44. The molecule has 1 saturated carbocycles. The Morgan fingerprint density at radius 1 is 0.968 bits per heavy atom. The maximum atomic E-state index is 12.3. The first-order valence-electron chi connectivity index (χ1n) is 11.6. The molecule has 2 amide bonds. The highest BCUT2D eigenvalue weighted by Crippen LogP contribution is 2.54. The molecule has 6 heteroatoms. The minimum atomic E-state index is -0.426. The number of rotatable bonds is 4. The lowest BCUT2D eigenvalue weighted by molar-refractivity contribution is -0.100. The molecule has 0 unspecified atom stereocenters. The first kappa shape index (κ1) is 22.0. The van der Waals surface area contributed by atoms with Gasteiger partial charge in [-0.15, -0.1) is 0 Å². The van der Waals surface area contributed by atoms with Gasteiger partial charge in [0.1, 0.15) is 12.2 Å². The van der Waals surface area contributed by atoms with Gasteiger partial charge in [0.05, 0.1) is 0 Å². The second-order valence-electron chi connectivity index (χ2n) is 10.8. The number of piperidine rings is 1. The van der Waals surface area contributed by atoms with E-state index in [0.29, 0.717) is 17.9 Å². The molecule has 1 aliphatic carbocycles. The number of likely N-dealkylation sites (tertiary alicyclic amines) is 2. The van der Waals surface area contributed by atoms with Gasteiger partial charge in [-0.1, -0.05) is 30.3 Å². The van der Waals surface area contributed by atoms with Crippen molar-refractivity contribution in [3.05, 3.63) is 35.9 Å². The lowest BCUT2D eigenvalue weighted by Crippen LogP contribution is -2.64. The van der Waals surface area contributed by atoms with Crippen molar-refractivity contribution in [3.8, 4) is 0 Å². The molecule has 3 aliphatic rings. The number of amides is 2. The van der Waals surface area contributed by atoms with Crippen LogP contribution in [0.3, 0.4) is 0 Å². The van der Waals surface area contributed by atoms with E-state index in [2.05, 4.69) is 0 Å². The summed E-state index contributed by atoms with van der Waals surface area (Å²) in [5.74, 6) is 1.46. The van der Waals surface area contributed by atoms with Gasteiger partial charge in [-0.25, -0.2) is 9.59 Å². The van der Waals surface area contributed by atoms with E-state index in [-0.39, 0.29) is 12.2 Å². The number of hydrogen-bond acceptors (Lipinski definition) is 4. The van der Waals surface area contributed by atoms with Gasteiger partial charge in [-0.3, -0.25) is 0 Å². The predicted molar refractivity (Wildman–Crippen MR) is 119 cm³/mol. The molecular formula is C25H36N2O4. The fourth-order valence-electron chi connectivity index (χ4n) is 5.44. The van der Waals surface area contributed by atoms with Crippen LogP contribution in [0.25, 0.3) is 0 Å². The Kier molecular flexibility index (Phi) is 6.18. The quantitative estimate of drug-likeness (QED) is 0.672. The lowest BCUT2D eigenvalue weighted by atomic mass is 9.56. The minimum absolute atomic E-state index is 0.173. The summed E-state index contributed by atoms with van der Waals surface area (Å²) in [5.41, 5.74) is 0.944. The van der Waals surface area contributed by atoms with E-state index in [1.165, 1.54) is 19.3 Å². The maximum Gasteiger partial charge on any atom is 0.410 e. The topological polar surface area (TPSA) is 59.1 Å². The van der Waals surface area contributed by atoms with Gasteiger partial charge >= 0.3 is 12.2 Å². The van der Waals surface area contributed by atoms with Gasteiger partial charge < -0.3 is 19.3 Å². The van der Waals surface area contributed by atoms with Crippen molar-refractivity contribution in [2.75, 3.05) is 26.2 Å². The molecule has 0 N–H and O–H groups in total. The maximum absolute atomic E-state index is 12.3. The summed E-state index contributed by atoms with van der Waals surface area (Å²) in [4.78, 5) is 28.2. The summed E-state index contributed by atoms with van der Waals surface area (Å²) in [6, 6.07) is 9.82. The number of carbonyl (C=O) groups is 2. The van der Waals surface area contributed by atoms with Crippen LogP contribution in [-0.4, -0.2) is 53.8 Å². The molecule has 4 rings (SSSR count). The van der Waals surface area contributed by atoms with Crippen LogP contribution in [0.4, 0.5) is 9.59 Å². The molecule has 31 heavy (non-hydrogen) atoms. The monoisotopic (exact) mass is 428 g/mol. The molecule has 6 nitrogen and oxygen atoms in total. The van der Waals surface area contributed by atoms with Crippen LogP contribution in [0.15, 0.2) is 30.3 Å². The van der Waals surface area contributed by atoms with E-state index in [1.807, 2.05) is 60.9 Å². The van der Waals surface area contributed by atoms with Crippen LogP contribution in [0.5, 0.6) is 0 Å². The number of carbonyl (C=O) groups excluding carboxylic acids is 2. The zero-order valence-electron chi connectivity index (χ0n) is 19.1. The molecule has 0 radical (unpaired) electrons. The summed E-state index contributed by atoms with van der Waals surface area (Å²) in [7, 11) is 0. The number of ether oxygens (including phenoxy) is 2. The van der Waals surface area contributed by atoms with Crippen molar-refractivity contribution in [3.63, 3.8) is 0 Å². The average Bonchev–Trinajstić information content (AvgIpc) is 2.66. The highest BCUT2D eigenvalue weighted by atomic mass is 16.6. The van der Waals surface area contributed by atoms with E-state index >= 15 is 0 Å². The zero-order valence-corrected chi connectivity index (χ0v) is 19.1. The second kappa shape index (κ2) is 8.71. The molecule has 3 fully saturated rings. The lowest BCUT2D eigenvalue weighted by Gasteiger charge is -2.59. The van der Waals surface area contributed by atoms with Gasteiger partial charge in [-0.05, 0) is 70.3 Å². The van der Waals surface area contributed by atoms with Crippen LogP contribution >= 0.6 is 0 Å². The van der Waals surface area contributed by atoms with Gasteiger partial charge in [0.25, 0.3) is 0 Å². The predicted octanol–water partition coefficient (Wildman–Crippen LogP) is 5.07. The normalized spacial score (nSPS) is 21.4. The van der Waals surface area contributed by atoms with E-state index in [4.69, 9.17) is 9.47 Å². The van der Waals surface area contributed by atoms with Crippen molar-refractivity contribution in [2.24, 2.45) is 17.3 Å². The summed E-state index contributed by atoms with van der Waals surface area (Å²) in [6.07, 6.45) is 5.47. The third kappa shape index (κ3) is 5.52. The highest BCUT2D eigenvalue weighted by Gasteiger charge is 2.54. The van der Waals surface area contributed by atoms with Crippen LogP contribution < -0.4 is 0 Å². The smallest absolute Gasteiger partial charge is 0.410 e. The van der Waals surface area contributed by atoms with Crippen molar-refractivity contribution >= 4 is 12.2 Å². The molecule has 170 valence electrons. The van der Waals surface area contributed by atoms with E-state index < -0.39 is 5.60 Å². The van der Waals surface area contributed by atoms with Gasteiger partial charge in [0.15, 0.2) is 0 Å². The van der Waals surface area contributed by atoms with Crippen molar-refractivity contribution in [1.29, 1.82) is 0 Å². The first-order chi connectivity index (χ1) is 14.7. The third-order valence-electron chi connectivity index (χ3n) is 6.89. The van der Waals surface area contributed by atoms with Crippen LogP contribution in [0, 0.1) is 17.3 Å². The molecule has 2 saturated heterocycles. The van der Waals surface area contributed by atoms with Crippen molar-refractivity contribution < 1.29 is 19.1 Å². The third-order valence-corrected chi connectivity index (χ3v) is 6.89. The molecular weight excluding hydrogens is 392 g/mol. The number of benzene rings is 1. The van der Waals surface area contributed by atoms with Gasteiger partial charge in [0, 0.05) is 31.6 Å². The largest absolute Gasteiger partial charge is 0.445 e. The summed E-state index contributed by atoms with van der Waals surface area (Å²) in [6.45, 7) is 9.36. The Labute approximate surface area is 185 Å². The Morgan fingerprint density at radius 3 is 2.23 bits per heavy atom. The van der Waals surface area contributed by atoms with E-state index in [9.17, 15) is 9.59 Å². The Hall–Kier alpha value is -2.24. The zero-order chi connectivity index (χ0) is 22.1. The molecule has 0 bridgehead atoms. The number of nitrogens with zero attached hydrogens (tertiary/aromatic N) is 2. The average molecular weight is 429 g/mol. The molecule has 2 heterocycles. The Bertz CT molecular complexity index is 766. The van der Waals surface area contributed by atoms with Crippen LogP contribution in [0.2, 0.25) is 0 Å².